The number of para-hydroxylation sites is 1. The van der Waals surface area contributed by atoms with Gasteiger partial charge in [0.1, 0.15) is 17.0 Å². The summed E-state index contributed by atoms with van der Waals surface area (Å²) in [4.78, 5) is 38.7. The fourth-order valence-corrected chi connectivity index (χ4v) is 2.93. The summed E-state index contributed by atoms with van der Waals surface area (Å²) < 4.78 is 0.895. The van der Waals surface area contributed by atoms with E-state index in [1.165, 1.54) is 17.4 Å². The quantitative estimate of drug-likeness (QED) is 0.639. The third-order valence-corrected chi connectivity index (χ3v) is 4.09. The van der Waals surface area contributed by atoms with Crippen molar-refractivity contribution in [1.82, 2.24) is 15.6 Å². The molecule has 1 aromatic heterocycles. The molecular weight excluding hydrogens is 304 g/mol. The second kappa shape index (κ2) is 5.38. The van der Waals surface area contributed by atoms with Crippen LogP contribution in [0.1, 0.15) is 5.01 Å². The van der Waals surface area contributed by atoms with Crippen LogP contribution < -0.4 is 10.6 Å². The number of hydrogen-bond donors (Lipinski definition) is 2. The zero-order chi connectivity index (χ0) is 15.7. The first-order chi connectivity index (χ1) is 10.6. The van der Waals surface area contributed by atoms with E-state index in [0.29, 0.717) is 5.01 Å². The largest absolute Gasteiger partial charge is 0.328 e. The van der Waals surface area contributed by atoms with Crippen molar-refractivity contribution in [3.8, 4) is 6.07 Å². The van der Waals surface area contributed by atoms with Gasteiger partial charge in [0.05, 0.1) is 15.8 Å². The van der Waals surface area contributed by atoms with E-state index in [2.05, 4.69) is 4.98 Å². The number of amides is 4. The van der Waals surface area contributed by atoms with E-state index in [1.807, 2.05) is 41.0 Å². The standard InChI is InChI=1S/C14H8N4O3S/c15-6-7(5-8-11(19)17-14(21)18-12(8)20)13-16-9-3-1-2-4-10(9)22-13/h1-5,8H,(H2,17,18,19,20,21). The van der Waals surface area contributed by atoms with Crippen molar-refractivity contribution in [2.45, 2.75) is 0 Å². The Hall–Kier alpha value is -3.05. The molecular formula is C14H8N4O3S. The lowest BCUT2D eigenvalue weighted by molar-refractivity contribution is -0.133. The lowest BCUT2D eigenvalue weighted by atomic mass is 10.0. The highest BCUT2D eigenvalue weighted by Gasteiger charge is 2.33. The first kappa shape index (κ1) is 13.9. The van der Waals surface area contributed by atoms with Gasteiger partial charge in [-0.1, -0.05) is 12.1 Å². The van der Waals surface area contributed by atoms with E-state index in [4.69, 9.17) is 0 Å². The Labute approximate surface area is 128 Å². The summed E-state index contributed by atoms with van der Waals surface area (Å²) in [5, 5.41) is 13.7. The number of fused-ring (bicyclic) bond motifs is 1. The average molecular weight is 312 g/mol. The number of barbiturate groups is 1. The van der Waals surface area contributed by atoms with Crippen molar-refractivity contribution in [2.75, 3.05) is 0 Å². The summed E-state index contributed by atoms with van der Waals surface area (Å²) in [5.41, 5.74) is 0.849. The van der Waals surface area contributed by atoms with Gasteiger partial charge >= 0.3 is 6.03 Å². The molecule has 0 atom stereocenters. The van der Waals surface area contributed by atoms with Gasteiger partial charge in [0.15, 0.2) is 0 Å². The van der Waals surface area contributed by atoms with Crippen LogP contribution in [0.2, 0.25) is 0 Å². The molecule has 0 saturated carbocycles. The molecule has 3 rings (SSSR count). The summed E-state index contributed by atoms with van der Waals surface area (Å²) in [5.74, 6) is -2.76. The monoisotopic (exact) mass is 312 g/mol. The normalized spacial score (nSPS) is 16.3. The Bertz CT molecular complexity index is 825. The zero-order valence-corrected chi connectivity index (χ0v) is 11.8. The van der Waals surface area contributed by atoms with E-state index in [-0.39, 0.29) is 5.57 Å². The van der Waals surface area contributed by atoms with Gasteiger partial charge in [0.2, 0.25) is 11.8 Å². The number of carbonyl (C=O) groups excluding carboxylic acids is 3. The van der Waals surface area contributed by atoms with Gasteiger partial charge in [0.25, 0.3) is 0 Å². The van der Waals surface area contributed by atoms with Crippen LogP contribution in [-0.4, -0.2) is 22.8 Å². The van der Waals surface area contributed by atoms with Crippen LogP contribution in [0.3, 0.4) is 0 Å². The summed E-state index contributed by atoms with van der Waals surface area (Å²) in [6.45, 7) is 0. The number of nitriles is 1. The number of allylic oxidation sites excluding steroid dienone is 1. The molecule has 8 heteroatoms. The number of rotatable bonds is 2. The molecule has 2 N–H and O–H groups in total. The number of carbonyl (C=O) groups is 3. The van der Waals surface area contributed by atoms with Crippen LogP contribution in [0.5, 0.6) is 0 Å². The number of imide groups is 2. The smallest absolute Gasteiger partial charge is 0.277 e. The fourth-order valence-electron chi connectivity index (χ4n) is 1.99. The molecule has 1 fully saturated rings. The van der Waals surface area contributed by atoms with Gasteiger partial charge in [-0.05, 0) is 18.2 Å². The number of thiazole rings is 1. The van der Waals surface area contributed by atoms with Gasteiger partial charge in [-0.2, -0.15) is 5.26 Å². The summed E-state index contributed by atoms with van der Waals surface area (Å²) in [6.07, 6.45) is 1.22. The van der Waals surface area contributed by atoms with Crippen LogP contribution in [0.15, 0.2) is 30.3 Å². The van der Waals surface area contributed by atoms with E-state index in [0.717, 1.165) is 10.2 Å². The molecule has 4 amide bonds. The molecule has 0 radical (unpaired) electrons. The minimum absolute atomic E-state index is 0.117. The second-order valence-corrected chi connectivity index (χ2v) is 5.49. The van der Waals surface area contributed by atoms with Gasteiger partial charge < -0.3 is 0 Å². The van der Waals surface area contributed by atoms with Crippen LogP contribution in [0.4, 0.5) is 4.79 Å². The first-order valence-electron chi connectivity index (χ1n) is 6.22. The molecule has 2 heterocycles. The number of nitrogens with one attached hydrogen (secondary N) is 2. The fraction of sp³-hybridized carbons (Fsp3) is 0.0714. The molecule has 2 aromatic rings. The summed E-state index contributed by atoms with van der Waals surface area (Å²) in [6, 6.07) is 8.44. The highest BCUT2D eigenvalue weighted by molar-refractivity contribution is 7.19. The van der Waals surface area contributed by atoms with Crippen molar-refractivity contribution in [3.05, 3.63) is 35.3 Å². The Kier molecular flexibility index (Phi) is 3.40. The number of hydrogen-bond acceptors (Lipinski definition) is 6. The molecule has 1 saturated heterocycles. The minimum atomic E-state index is -1.24. The highest BCUT2D eigenvalue weighted by atomic mass is 32.1. The van der Waals surface area contributed by atoms with Gasteiger partial charge in [-0.25, -0.2) is 9.78 Å². The Morgan fingerprint density at radius 3 is 2.55 bits per heavy atom. The minimum Gasteiger partial charge on any atom is -0.277 e. The van der Waals surface area contributed by atoms with E-state index < -0.39 is 23.8 Å². The number of benzene rings is 1. The van der Waals surface area contributed by atoms with E-state index in [1.54, 1.807) is 0 Å². The van der Waals surface area contributed by atoms with Crippen LogP contribution >= 0.6 is 11.3 Å². The third kappa shape index (κ3) is 2.45. The third-order valence-electron chi connectivity index (χ3n) is 3.02. The topological polar surface area (TPSA) is 112 Å². The average Bonchev–Trinajstić information content (AvgIpc) is 2.90. The first-order valence-corrected chi connectivity index (χ1v) is 7.03. The molecule has 1 aliphatic rings. The summed E-state index contributed by atoms with van der Waals surface area (Å²) >= 11 is 1.29. The van der Waals surface area contributed by atoms with Gasteiger partial charge in [-0.15, -0.1) is 11.3 Å². The van der Waals surface area contributed by atoms with Gasteiger partial charge in [-0.3, -0.25) is 20.2 Å². The van der Waals surface area contributed by atoms with Gasteiger partial charge in [0, 0.05) is 0 Å². The Morgan fingerprint density at radius 2 is 1.91 bits per heavy atom. The Balaban J connectivity index is 2.00. The van der Waals surface area contributed by atoms with Crippen LogP contribution in [0.25, 0.3) is 15.8 Å². The van der Waals surface area contributed by atoms with Crippen molar-refractivity contribution < 1.29 is 14.4 Å². The molecule has 1 aliphatic heterocycles. The van der Waals surface area contributed by atoms with Crippen molar-refractivity contribution in [3.63, 3.8) is 0 Å². The number of urea groups is 1. The molecule has 0 aliphatic carbocycles. The molecule has 22 heavy (non-hydrogen) atoms. The zero-order valence-electron chi connectivity index (χ0n) is 11.0. The lowest BCUT2D eigenvalue weighted by Crippen LogP contribution is -2.55. The lowest BCUT2D eigenvalue weighted by Gasteiger charge is -2.17. The maximum absolute atomic E-state index is 11.7. The molecule has 108 valence electrons. The van der Waals surface area contributed by atoms with Crippen LogP contribution in [0, 0.1) is 17.2 Å². The Morgan fingerprint density at radius 1 is 1.23 bits per heavy atom. The van der Waals surface area contributed by atoms with Crippen molar-refractivity contribution >= 4 is 45.0 Å². The second-order valence-electron chi connectivity index (χ2n) is 4.46. The summed E-state index contributed by atoms with van der Waals surface area (Å²) in [7, 11) is 0. The number of aromatic nitrogens is 1. The predicted octanol–water partition coefficient (Wildman–Crippen LogP) is 1.19. The van der Waals surface area contributed by atoms with Crippen molar-refractivity contribution in [1.29, 1.82) is 5.26 Å². The molecule has 1 aromatic carbocycles. The molecule has 0 bridgehead atoms. The van der Waals surface area contributed by atoms with Crippen LogP contribution in [-0.2, 0) is 9.59 Å². The molecule has 0 unspecified atom stereocenters. The predicted molar refractivity (Wildman–Crippen MR) is 78.4 cm³/mol. The van der Waals surface area contributed by atoms with E-state index >= 15 is 0 Å². The number of nitrogens with zero attached hydrogens (tertiary/aromatic N) is 2. The highest BCUT2D eigenvalue weighted by Crippen LogP contribution is 2.27. The molecule has 0 spiro atoms. The maximum atomic E-state index is 11.7. The SMILES string of the molecule is N#CC(=CC1C(=O)NC(=O)NC1=O)c1nc2ccccc2s1. The maximum Gasteiger partial charge on any atom is 0.328 e. The van der Waals surface area contributed by atoms with E-state index in [9.17, 15) is 19.6 Å². The molecule has 7 nitrogen and oxygen atoms in total. The van der Waals surface area contributed by atoms with Crippen molar-refractivity contribution in [2.24, 2.45) is 5.92 Å².